The van der Waals surface area contributed by atoms with Crippen molar-refractivity contribution < 1.29 is 9.90 Å². The number of nitrogens with one attached hydrogen (secondary N) is 1. The summed E-state index contributed by atoms with van der Waals surface area (Å²) in [6.07, 6.45) is 8.11. The number of hydrogen-bond donors (Lipinski definition) is 2. The summed E-state index contributed by atoms with van der Waals surface area (Å²) in [6.45, 7) is 4.32. The van der Waals surface area contributed by atoms with E-state index in [9.17, 15) is 9.90 Å². The molecule has 1 fully saturated rings. The van der Waals surface area contributed by atoms with Crippen molar-refractivity contribution in [2.45, 2.75) is 70.8 Å². The van der Waals surface area contributed by atoms with Crippen molar-refractivity contribution in [3.63, 3.8) is 0 Å². The van der Waals surface area contributed by atoms with E-state index in [1.54, 1.807) is 0 Å². The number of aliphatic hydroxyl groups excluding tert-OH is 1. The molecule has 2 N–H and O–H groups in total. The molecule has 1 saturated carbocycles. The van der Waals surface area contributed by atoms with Gasteiger partial charge in [-0.1, -0.05) is 39.5 Å². The first-order valence-electron chi connectivity index (χ1n) is 7.10. The Bertz CT molecular complexity index is 228. The fourth-order valence-corrected chi connectivity index (χ4v) is 2.84. The maximum Gasteiger partial charge on any atom is 0.223 e. The molecular weight excluding hydrogens is 214 g/mol. The predicted octanol–water partition coefficient (Wildman–Crippen LogP) is 2.62. The first-order valence-corrected chi connectivity index (χ1v) is 7.10. The van der Waals surface area contributed by atoms with E-state index in [4.69, 9.17) is 0 Å². The minimum atomic E-state index is -0.309. The molecule has 0 heterocycles. The van der Waals surface area contributed by atoms with Crippen molar-refractivity contribution in [3.05, 3.63) is 0 Å². The standard InChI is InChI=1S/C14H27NO2/c1-3-7-12(8-4-2)13(17)15-14(11-16)9-5-6-10-14/h12,16H,3-11H2,1-2H3,(H,15,17). The van der Waals surface area contributed by atoms with Crippen LogP contribution in [0, 0.1) is 5.92 Å². The van der Waals surface area contributed by atoms with Crippen LogP contribution >= 0.6 is 0 Å². The van der Waals surface area contributed by atoms with Gasteiger partial charge in [-0.25, -0.2) is 0 Å². The van der Waals surface area contributed by atoms with E-state index in [2.05, 4.69) is 19.2 Å². The average molecular weight is 241 g/mol. The highest BCUT2D eigenvalue weighted by molar-refractivity contribution is 5.79. The highest BCUT2D eigenvalue weighted by atomic mass is 16.3. The highest BCUT2D eigenvalue weighted by Gasteiger charge is 2.35. The van der Waals surface area contributed by atoms with Crippen LogP contribution < -0.4 is 5.32 Å². The average Bonchev–Trinajstić information content (AvgIpc) is 2.78. The van der Waals surface area contributed by atoms with Crippen molar-refractivity contribution in [1.82, 2.24) is 5.32 Å². The van der Waals surface area contributed by atoms with Gasteiger partial charge in [-0.15, -0.1) is 0 Å². The van der Waals surface area contributed by atoms with Crippen LogP contribution in [0.3, 0.4) is 0 Å². The number of carbonyl (C=O) groups excluding carboxylic acids is 1. The summed E-state index contributed by atoms with van der Waals surface area (Å²) >= 11 is 0. The lowest BCUT2D eigenvalue weighted by Crippen LogP contribution is -2.51. The Morgan fingerprint density at radius 1 is 1.24 bits per heavy atom. The Labute approximate surface area is 105 Å². The molecule has 1 aliphatic carbocycles. The minimum Gasteiger partial charge on any atom is -0.394 e. The molecule has 17 heavy (non-hydrogen) atoms. The molecule has 1 rings (SSSR count). The summed E-state index contributed by atoms with van der Waals surface area (Å²) in [6, 6.07) is 0. The minimum absolute atomic E-state index is 0.0870. The molecular formula is C14H27NO2. The lowest BCUT2D eigenvalue weighted by Gasteiger charge is -2.30. The number of hydrogen-bond acceptors (Lipinski definition) is 2. The van der Waals surface area contributed by atoms with E-state index in [1.807, 2.05) is 0 Å². The van der Waals surface area contributed by atoms with Gasteiger partial charge in [-0.3, -0.25) is 4.79 Å². The molecule has 0 aromatic rings. The van der Waals surface area contributed by atoms with Crippen LogP contribution in [0.1, 0.15) is 65.2 Å². The van der Waals surface area contributed by atoms with Gasteiger partial charge in [0.1, 0.15) is 0 Å². The number of aliphatic hydroxyl groups is 1. The van der Waals surface area contributed by atoms with Crippen molar-refractivity contribution in [2.75, 3.05) is 6.61 Å². The summed E-state index contributed by atoms with van der Waals surface area (Å²) in [7, 11) is 0. The monoisotopic (exact) mass is 241 g/mol. The van der Waals surface area contributed by atoms with Crippen molar-refractivity contribution in [1.29, 1.82) is 0 Å². The molecule has 1 amide bonds. The lowest BCUT2D eigenvalue weighted by molar-refractivity contribution is -0.128. The van der Waals surface area contributed by atoms with Crippen LogP contribution in [-0.2, 0) is 4.79 Å². The van der Waals surface area contributed by atoms with Crippen LogP contribution in [-0.4, -0.2) is 23.2 Å². The molecule has 0 spiro atoms. The molecule has 3 nitrogen and oxygen atoms in total. The molecule has 0 atom stereocenters. The second-order valence-corrected chi connectivity index (χ2v) is 5.41. The molecule has 0 bridgehead atoms. The third kappa shape index (κ3) is 3.98. The first-order chi connectivity index (χ1) is 8.17. The zero-order valence-corrected chi connectivity index (χ0v) is 11.3. The zero-order chi connectivity index (χ0) is 12.7. The van der Waals surface area contributed by atoms with Gasteiger partial charge in [-0.05, 0) is 25.7 Å². The molecule has 100 valence electrons. The van der Waals surface area contributed by atoms with E-state index < -0.39 is 0 Å². The molecule has 0 aliphatic heterocycles. The Hall–Kier alpha value is -0.570. The molecule has 0 aromatic carbocycles. The van der Waals surface area contributed by atoms with E-state index in [0.717, 1.165) is 51.4 Å². The summed E-state index contributed by atoms with van der Waals surface area (Å²) in [5.74, 6) is 0.290. The second-order valence-electron chi connectivity index (χ2n) is 5.41. The summed E-state index contributed by atoms with van der Waals surface area (Å²) in [4.78, 5) is 12.2. The van der Waals surface area contributed by atoms with Gasteiger partial charge in [0, 0.05) is 5.92 Å². The fourth-order valence-electron chi connectivity index (χ4n) is 2.84. The Balaban J connectivity index is 2.55. The Morgan fingerprint density at radius 2 is 1.76 bits per heavy atom. The van der Waals surface area contributed by atoms with E-state index in [0.29, 0.717) is 0 Å². The smallest absolute Gasteiger partial charge is 0.223 e. The van der Waals surface area contributed by atoms with E-state index in [-0.39, 0.29) is 24.0 Å². The topological polar surface area (TPSA) is 49.3 Å². The summed E-state index contributed by atoms with van der Waals surface area (Å²) < 4.78 is 0. The van der Waals surface area contributed by atoms with Gasteiger partial charge >= 0.3 is 0 Å². The van der Waals surface area contributed by atoms with Gasteiger partial charge in [0.25, 0.3) is 0 Å². The predicted molar refractivity (Wildman–Crippen MR) is 69.7 cm³/mol. The molecule has 3 heteroatoms. The zero-order valence-electron chi connectivity index (χ0n) is 11.3. The third-order valence-corrected chi connectivity index (χ3v) is 3.90. The summed E-state index contributed by atoms with van der Waals surface area (Å²) in [5.41, 5.74) is -0.309. The molecule has 0 radical (unpaired) electrons. The SMILES string of the molecule is CCCC(CCC)C(=O)NC1(CO)CCCC1. The first kappa shape index (κ1) is 14.5. The maximum absolute atomic E-state index is 12.2. The van der Waals surface area contributed by atoms with Gasteiger partial charge in [0.15, 0.2) is 0 Å². The lowest BCUT2D eigenvalue weighted by atomic mass is 9.93. The largest absolute Gasteiger partial charge is 0.394 e. The Kier molecular flexibility index (Phi) is 5.96. The third-order valence-electron chi connectivity index (χ3n) is 3.90. The van der Waals surface area contributed by atoms with E-state index in [1.165, 1.54) is 0 Å². The molecule has 0 saturated heterocycles. The van der Waals surface area contributed by atoms with Crippen LogP contribution in [0.5, 0.6) is 0 Å². The fraction of sp³-hybridized carbons (Fsp3) is 0.929. The molecule has 1 aliphatic rings. The van der Waals surface area contributed by atoms with Gasteiger partial charge in [0.05, 0.1) is 12.1 Å². The van der Waals surface area contributed by atoms with Gasteiger partial charge in [0.2, 0.25) is 5.91 Å². The summed E-state index contributed by atoms with van der Waals surface area (Å²) in [5, 5.41) is 12.6. The van der Waals surface area contributed by atoms with Gasteiger partial charge < -0.3 is 10.4 Å². The highest BCUT2D eigenvalue weighted by Crippen LogP contribution is 2.30. The molecule has 0 unspecified atom stereocenters. The second kappa shape index (κ2) is 7.00. The maximum atomic E-state index is 12.2. The molecule has 0 aromatic heterocycles. The van der Waals surface area contributed by atoms with E-state index >= 15 is 0 Å². The van der Waals surface area contributed by atoms with Crippen molar-refractivity contribution >= 4 is 5.91 Å². The quantitative estimate of drug-likeness (QED) is 0.720. The van der Waals surface area contributed by atoms with Crippen molar-refractivity contribution in [2.24, 2.45) is 5.92 Å². The number of rotatable bonds is 7. The number of carbonyl (C=O) groups is 1. The van der Waals surface area contributed by atoms with Crippen LogP contribution in [0.25, 0.3) is 0 Å². The van der Waals surface area contributed by atoms with Gasteiger partial charge in [-0.2, -0.15) is 0 Å². The van der Waals surface area contributed by atoms with Crippen molar-refractivity contribution in [3.8, 4) is 0 Å². The Morgan fingerprint density at radius 3 is 2.18 bits per heavy atom. The van der Waals surface area contributed by atoms with Crippen LogP contribution in [0.2, 0.25) is 0 Å². The van der Waals surface area contributed by atoms with Crippen LogP contribution in [0.4, 0.5) is 0 Å². The normalized spacial score (nSPS) is 18.6. The van der Waals surface area contributed by atoms with Crippen LogP contribution in [0.15, 0.2) is 0 Å². The number of amides is 1.